The average molecular weight is 98.1 g/mol. The highest BCUT2D eigenvalue weighted by atomic mass is 16.2. The fraction of sp³-hybridized carbons (Fsp3) is 0. The Kier molecular flexibility index (Phi) is 24.9. The summed E-state index contributed by atoms with van der Waals surface area (Å²) in [6.45, 7) is 10.6. The van der Waals surface area contributed by atoms with E-state index in [4.69, 9.17) is 5.11 Å². The van der Waals surface area contributed by atoms with Crippen LogP contribution in [0, 0.1) is 13.5 Å². The molecule has 0 aromatic heterocycles. The van der Waals surface area contributed by atoms with E-state index in [1.165, 1.54) is 12.2 Å². The number of hydrogen-bond acceptors (Lipinski definition) is 1. The first kappa shape index (κ1) is 9.67. The average Bonchev–Trinajstić information content (AvgIpc) is 1.69. The first-order chi connectivity index (χ1) is 3.33. The van der Waals surface area contributed by atoms with E-state index in [-0.39, 0.29) is 0 Å². The van der Waals surface area contributed by atoms with Gasteiger partial charge in [-0.1, -0.05) is 12.2 Å². The Balaban J connectivity index is 0. The lowest BCUT2D eigenvalue weighted by molar-refractivity contribution is 0.421. The van der Waals surface area contributed by atoms with Crippen molar-refractivity contribution >= 4 is 0 Å². The first-order valence-corrected chi connectivity index (χ1v) is 1.82. The van der Waals surface area contributed by atoms with Crippen molar-refractivity contribution in [2.24, 2.45) is 0 Å². The zero-order valence-corrected chi connectivity index (χ0v) is 4.30. The van der Waals surface area contributed by atoms with Crippen LogP contribution in [0.2, 0.25) is 0 Å². The van der Waals surface area contributed by atoms with E-state index in [0.717, 1.165) is 6.61 Å². The number of hydrogen-bond donors (Lipinski definition) is 1. The van der Waals surface area contributed by atoms with Gasteiger partial charge in [0, 0.05) is 0 Å². The van der Waals surface area contributed by atoms with Crippen LogP contribution in [0.4, 0.5) is 0 Å². The topological polar surface area (TPSA) is 20.2 Å². The molecule has 0 saturated heterocycles. The highest BCUT2D eigenvalue weighted by molar-refractivity contribution is 4.73. The van der Waals surface area contributed by atoms with Crippen LogP contribution in [0.25, 0.3) is 0 Å². The van der Waals surface area contributed by atoms with Gasteiger partial charge in [-0.3, -0.25) is 0 Å². The molecule has 0 spiro atoms. The third-order valence-electron chi connectivity index (χ3n) is 0.105. The molecule has 1 nitrogen and oxygen atoms in total. The lowest BCUT2D eigenvalue weighted by atomic mass is 10.7. The Hall–Kier alpha value is -0.560. The van der Waals surface area contributed by atoms with Crippen LogP contribution >= 0.6 is 0 Å². The SMILES string of the molecule is C=C[CH]O.[CH2]C=C. The summed E-state index contributed by atoms with van der Waals surface area (Å²) in [4.78, 5) is 0. The third-order valence-corrected chi connectivity index (χ3v) is 0.105. The number of aliphatic hydroxyl groups excluding tert-OH is 1. The molecule has 0 atom stereocenters. The van der Waals surface area contributed by atoms with Crippen LogP contribution in [0.3, 0.4) is 0 Å². The summed E-state index contributed by atoms with van der Waals surface area (Å²) >= 11 is 0. The number of aliphatic hydroxyl groups is 1. The maximum Gasteiger partial charge on any atom is 0.101 e. The second-order valence-corrected chi connectivity index (χ2v) is 0.673. The van der Waals surface area contributed by atoms with Crippen molar-refractivity contribution < 1.29 is 5.11 Å². The molecule has 0 saturated carbocycles. The summed E-state index contributed by atoms with van der Waals surface area (Å²) in [7, 11) is 0. The van der Waals surface area contributed by atoms with E-state index in [9.17, 15) is 0 Å². The minimum atomic E-state index is 0.889. The quantitative estimate of drug-likeness (QED) is 0.529. The summed E-state index contributed by atoms with van der Waals surface area (Å²) in [5, 5.41) is 7.63. The van der Waals surface area contributed by atoms with Crippen molar-refractivity contribution in [1.29, 1.82) is 0 Å². The van der Waals surface area contributed by atoms with E-state index < -0.39 is 0 Å². The highest BCUT2D eigenvalue weighted by Crippen LogP contribution is 1.57. The highest BCUT2D eigenvalue weighted by Gasteiger charge is 1.47. The predicted octanol–water partition coefficient (Wildman–Crippen LogP) is 1.71. The molecule has 0 aliphatic carbocycles. The van der Waals surface area contributed by atoms with Crippen LogP contribution < -0.4 is 0 Å². The predicted molar refractivity (Wildman–Crippen MR) is 32.0 cm³/mol. The zero-order valence-electron chi connectivity index (χ0n) is 4.30. The van der Waals surface area contributed by atoms with Crippen molar-refractivity contribution in [2.45, 2.75) is 0 Å². The molecule has 1 heteroatoms. The van der Waals surface area contributed by atoms with Gasteiger partial charge in [0.25, 0.3) is 0 Å². The monoisotopic (exact) mass is 98.1 g/mol. The van der Waals surface area contributed by atoms with Gasteiger partial charge in [-0.05, 0) is 6.92 Å². The molecule has 0 aliphatic heterocycles. The maximum absolute atomic E-state index is 7.63. The molecule has 0 heterocycles. The standard InChI is InChI=1S/C3H5O.C3H5/c1-2-3-4;1-3-2/h2-4H,1H2;3H,1-2H2. The Morgan fingerprint density at radius 2 is 1.43 bits per heavy atom. The van der Waals surface area contributed by atoms with Crippen LogP contribution in [0.15, 0.2) is 25.3 Å². The van der Waals surface area contributed by atoms with Crippen LogP contribution in [-0.4, -0.2) is 5.11 Å². The van der Waals surface area contributed by atoms with Gasteiger partial charge in [-0.25, -0.2) is 0 Å². The molecule has 0 aliphatic rings. The van der Waals surface area contributed by atoms with Gasteiger partial charge in [0.15, 0.2) is 0 Å². The molecular formula is C6H10O. The van der Waals surface area contributed by atoms with Crippen molar-refractivity contribution in [3.05, 3.63) is 38.8 Å². The van der Waals surface area contributed by atoms with Crippen molar-refractivity contribution in [2.75, 3.05) is 0 Å². The summed E-state index contributed by atoms with van der Waals surface area (Å²) in [6.07, 6.45) is 2.81. The van der Waals surface area contributed by atoms with E-state index in [1.54, 1.807) is 0 Å². The largest absolute Gasteiger partial charge is 0.386 e. The van der Waals surface area contributed by atoms with E-state index in [1.807, 2.05) is 0 Å². The number of allylic oxidation sites excluding steroid dienone is 1. The Bertz CT molecular complexity index is 39.4. The molecule has 0 unspecified atom stereocenters. The van der Waals surface area contributed by atoms with Crippen molar-refractivity contribution in [3.8, 4) is 0 Å². The van der Waals surface area contributed by atoms with E-state index >= 15 is 0 Å². The van der Waals surface area contributed by atoms with Gasteiger partial charge in [0.05, 0.1) is 0 Å². The normalized spacial score (nSPS) is 5.43. The smallest absolute Gasteiger partial charge is 0.101 e. The van der Waals surface area contributed by atoms with Gasteiger partial charge in [-0.15, -0.1) is 13.2 Å². The molecule has 0 amide bonds. The summed E-state index contributed by atoms with van der Waals surface area (Å²) in [6, 6.07) is 0. The molecule has 0 fully saturated rings. The summed E-state index contributed by atoms with van der Waals surface area (Å²) < 4.78 is 0. The van der Waals surface area contributed by atoms with Crippen LogP contribution in [-0.2, 0) is 0 Å². The van der Waals surface area contributed by atoms with Gasteiger partial charge >= 0.3 is 0 Å². The second kappa shape index (κ2) is 18.0. The third kappa shape index (κ3) is 333. The van der Waals surface area contributed by atoms with Gasteiger partial charge in [0.2, 0.25) is 0 Å². The van der Waals surface area contributed by atoms with Gasteiger partial charge in [0.1, 0.15) is 6.61 Å². The minimum absolute atomic E-state index is 0.889. The van der Waals surface area contributed by atoms with Gasteiger partial charge < -0.3 is 5.11 Å². The molecular weight excluding hydrogens is 88.1 g/mol. The lowest BCUT2D eigenvalue weighted by Gasteiger charge is -1.58. The zero-order chi connectivity index (χ0) is 6.12. The molecule has 40 valence electrons. The fourth-order valence-corrected chi connectivity index (χ4v) is 0. The molecule has 1 N–H and O–H groups in total. The lowest BCUT2D eigenvalue weighted by Crippen LogP contribution is -1.49. The Morgan fingerprint density at radius 1 is 1.29 bits per heavy atom. The molecule has 0 bridgehead atoms. The molecule has 0 rings (SSSR count). The van der Waals surface area contributed by atoms with E-state index in [0.29, 0.717) is 0 Å². The molecule has 0 aromatic carbocycles. The first-order valence-electron chi connectivity index (χ1n) is 1.82. The van der Waals surface area contributed by atoms with Crippen LogP contribution in [0.5, 0.6) is 0 Å². The fourth-order valence-electron chi connectivity index (χ4n) is 0. The summed E-state index contributed by atoms with van der Waals surface area (Å²) in [5.41, 5.74) is 0. The Morgan fingerprint density at radius 3 is 1.43 bits per heavy atom. The molecule has 7 heavy (non-hydrogen) atoms. The molecule has 2 radical (unpaired) electrons. The van der Waals surface area contributed by atoms with Crippen molar-refractivity contribution in [1.82, 2.24) is 0 Å². The Labute approximate surface area is 45.0 Å². The summed E-state index contributed by atoms with van der Waals surface area (Å²) in [5.74, 6) is 0. The van der Waals surface area contributed by atoms with E-state index in [2.05, 4.69) is 20.1 Å². The van der Waals surface area contributed by atoms with Gasteiger partial charge in [-0.2, -0.15) is 0 Å². The maximum atomic E-state index is 7.63. The second-order valence-electron chi connectivity index (χ2n) is 0.673. The molecule has 0 aromatic rings. The number of rotatable bonds is 1. The van der Waals surface area contributed by atoms with Crippen LogP contribution in [0.1, 0.15) is 0 Å². The minimum Gasteiger partial charge on any atom is -0.386 e. The van der Waals surface area contributed by atoms with Crippen molar-refractivity contribution in [3.63, 3.8) is 0 Å².